The van der Waals surface area contributed by atoms with Crippen molar-refractivity contribution in [3.05, 3.63) is 34.3 Å². The maximum atomic E-state index is 12.1. The summed E-state index contributed by atoms with van der Waals surface area (Å²) in [6.07, 6.45) is 2.44. The summed E-state index contributed by atoms with van der Waals surface area (Å²) in [5.74, 6) is 0.699. The van der Waals surface area contributed by atoms with Crippen LogP contribution in [0.4, 0.5) is 0 Å². The van der Waals surface area contributed by atoms with E-state index in [0.29, 0.717) is 25.1 Å². The zero-order valence-corrected chi connectivity index (χ0v) is 16.6. The van der Waals surface area contributed by atoms with Crippen LogP contribution in [0.15, 0.2) is 33.7 Å². The van der Waals surface area contributed by atoms with Crippen molar-refractivity contribution in [1.82, 2.24) is 15.5 Å². The fourth-order valence-electron chi connectivity index (χ4n) is 3.12. The van der Waals surface area contributed by atoms with Gasteiger partial charge in [-0.2, -0.15) is 0 Å². The van der Waals surface area contributed by atoms with E-state index >= 15 is 0 Å². The van der Waals surface area contributed by atoms with Crippen LogP contribution in [0.3, 0.4) is 0 Å². The van der Waals surface area contributed by atoms with E-state index in [1.165, 1.54) is 0 Å². The monoisotopic (exact) mass is 423 g/mol. The van der Waals surface area contributed by atoms with E-state index in [4.69, 9.17) is 5.73 Å². The first-order valence-electron chi connectivity index (χ1n) is 8.77. The number of carbonyl (C=O) groups is 2. The van der Waals surface area contributed by atoms with E-state index < -0.39 is 0 Å². The van der Waals surface area contributed by atoms with Gasteiger partial charge in [-0.3, -0.25) is 14.6 Å². The van der Waals surface area contributed by atoms with E-state index in [9.17, 15) is 9.59 Å². The summed E-state index contributed by atoms with van der Waals surface area (Å²) in [5.41, 5.74) is 5.93. The highest BCUT2D eigenvalue weighted by Gasteiger charge is 2.23. The number of aliphatic imine (C=N–C) groups is 1. The molecule has 2 rings (SSSR count). The summed E-state index contributed by atoms with van der Waals surface area (Å²) in [5, 5.41) is 6.15. The number of guanidine groups is 1. The zero-order valence-electron chi connectivity index (χ0n) is 15.0. The van der Waals surface area contributed by atoms with Crippen molar-refractivity contribution in [3.8, 4) is 0 Å². The molecule has 142 valence electrons. The van der Waals surface area contributed by atoms with Crippen molar-refractivity contribution in [2.75, 3.05) is 33.2 Å². The third kappa shape index (κ3) is 6.33. The number of rotatable bonds is 6. The Morgan fingerprint density at radius 2 is 2.12 bits per heavy atom. The number of piperidine rings is 1. The number of amides is 2. The molecule has 1 aromatic carbocycles. The normalized spacial score (nSPS) is 17.7. The molecular formula is C18H26BrN5O2. The fourth-order valence-corrected chi connectivity index (χ4v) is 3.52. The van der Waals surface area contributed by atoms with Crippen LogP contribution in [0.25, 0.3) is 0 Å². The number of primary amides is 1. The van der Waals surface area contributed by atoms with Gasteiger partial charge in [0.05, 0.1) is 0 Å². The maximum Gasteiger partial charge on any atom is 0.251 e. The Morgan fingerprint density at radius 1 is 1.35 bits per heavy atom. The number of likely N-dealkylation sites (tertiary alicyclic amines) is 1. The second kappa shape index (κ2) is 10.2. The number of benzene rings is 1. The van der Waals surface area contributed by atoms with E-state index in [0.717, 1.165) is 36.4 Å². The second-order valence-electron chi connectivity index (χ2n) is 6.36. The molecule has 1 aromatic rings. The van der Waals surface area contributed by atoms with Crippen LogP contribution in [0.2, 0.25) is 0 Å². The average Bonchev–Trinajstić information content (AvgIpc) is 2.61. The maximum absolute atomic E-state index is 12.1. The first-order chi connectivity index (χ1) is 12.5. The minimum absolute atomic E-state index is 0.109. The summed E-state index contributed by atoms with van der Waals surface area (Å²) in [6.45, 7) is 2.73. The van der Waals surface area contributed by atoms with Crippen molar-refractivity contribution in [2.24, 2.45) is 16.6 Å². The van der Waals surface area contributed by atoms with E-state index in [2.05, 4.69) is 36.5 Å². The number of carbonyl (C=O) groups excluding carboxylic acids is 2. The molecule has 2 amide bonds. The number of hydrogen-bond acceptors (Lipinski definition) is 3. The molecular weight excluding hydrogens is 398 g/mol. The summed E-state index contributed by atoms with van der Waals surface area (Å²) in [6, 6.07) is 7.28. The molecule has 0 radical (unpaired) electrons. The predicted molar refractivity (Wildman–Crippen MR) is 106 cm³/mol. The highest BCUT2D eigenvalue weighted by atomic mass is 79.9. The first-order valence-corrected chi connectivity index (χ1v) is 9.56. The van der Waals surface area contributed by atoms with Crippen LogP contribution >= 0.6 is 15.9 Å². The molecule has 1 aliphatic rings. The van der Waals surface area contributed by atoms with Gasteiger partial charge in [0.1, 0.15) is 0 Å². The Kier molecular flexibility index (Phi) is 7.90. The molecule has 0 bridgehead atoms. The molecule has 0 saturated carbocycles. The SMILES string of the molecule is CN=C(NCCNC(=O)c1cccc(Br)c1)N1CCCC(CC(N)=O)C1. The molecule has 1 atom stereocenters. The number of nitrogens with zero attached hydrogens (tertiary/aromatic N) is 2. The lowest BCUT2D eigenvalue weighted by Crippen LogP contribution is -2.48. The van der Waals surface area contributed by atoms with Gasteiger partial charge in [-0.15, -0.1) is 0 Å². The molecule has 1 unspecified atom stereocenters. The summed E-state index contributed by atoms with van der Waals surface area (Å²) in [7, 11) is 1.74. The highest BCUT2D eigenvalue weighted by Crippen LogP contribution is 2.19. The minimum atomic E-state index is -0.255. The zero-order chi connectivity index (χ0) is 18.9. The smallest absolute Gasteiger partial charge is 0.251 e. The van der Waals surface area contributed by atoms with Gasteiger partial charge in [0, 0.05) is 49.7 Å². The third-order valence-corrected chi connectivity index (χ3v) is 4.79. The van der Waals surface area contributed by atoms with Crippen molar-refractivity contribution in [3.63, 3.8) is 0 Å². The van der Waals surface area contributed by atoms with Crippen LogP contribution < -0.4 is 16.4 Å². The van der Waals surface area contributed by atoms with Gasteiger partial charge in [0.2, 0.25) is 5.91 Å². The Hall–Kier alpha value is -2.09. The topological polar surface area (TPSA) is 99.8 Å². The van der Waals surface area contributed by atoms with Gasteiger partial charge < -0.3 is 21.3 Å². The quantitative estimate of drug-likeness (QED) is 0.365. The van der Waals surface area contributed by atoms with Crippen LogP contribution in [0, 0.1) is 5.92 Å². The fraction of sp³-hybridized carbons (Fsp3) is 0.500. The van der Waals surface area contributed by atoms with Crippen LogP contribution in [0.5, 0.6) is 0 Å². The average molecular weight is 424 g/mol. The third-order valence-electron chi connectivity index (χ3n) is 4.30. The lowest BCUT2D eigenvalue weighted by Gasteiger charge is -2.34. The Bertz CT molecular complexity index is 665. The van der Waals surface area contributed by atoms with Crippen LogP contribution in [-0.2, 0) is 4.79 Å². The molecule has 8 heteroatoms. The van der Waals surface area contributed by atoms with Crippen molar-refractivity contribution < 1.29 is 9.59 Å². The first kappa shape index (κ1) is 20.2. The molecule has 4 N–H and O–H groups in total. The lowest BCUT2D eigenvalue weighted by molar-refractivity contribution is -0.119. The molecule has 1 saturated heterocycles. The van der Waals surface area contributed by atoms with E-state index in [1.54, 1.807) is 19.2 Å². The highest BCUT2D eigenvalue weighted by molar-refractivity contribution is 9.10. The molecule has 26 heavy (non-hydrogen) atoms. The number of nitrogens with one attached hydrogen (secondary N) is 2. The van der Waals surface area contributed by atoms with E-state index in [-0.39, 0.29) is 17.7 Å². The van der Waals surface area contributed by atoms with Gasteiger partial charge in [0.15, 0.2) is 5.96 Å². The largest absolute Gasteiger partial charge is 0.370 e. The molecule has 0 spiro atoms. The lowest BCUT2D eigenvalue weighted by atomic mass is 9.95. The summed E-state index contributed by atoms with van der Waals surface area (Å²) >= 11 is 3.36. The summed E-state index contributed by atoms with van der Waals surface area (Å²) in [4.78, 5) is 29.7. The molecule has 1 aliphatic heterocycles. The number of hydrogen-bond donors (Lipinski definition) is 3. The van der Waals surface area contributed by atoms with Crippen LogP contribution in [-0.4, -0.2) is 55.9 Å². The van der Waals surface area contributed by atoms with Crippen molar-refractivity contribution in [1.29, 1.82) is 0 Å². The van der Waals surface area contributed by atoms with Crippen molar-refractivity contribution >= 4 is 33.7 Å². The van der Waals surface area contributed by atoms with Gasteiger partial charge >= 0.3 is 0 Å². The molecule has 0 aromatic heterocycles. The molecule has 0 aliphatic carbocycles. The number of nitrogens with two attached hydrogens (primary N) is 1. The van der Waals surface area contributed by atoms with Crippen LogP contribution in [0.1, 0.15) is 29.6 Å². The molecule has 7 nitrogen and oxygen atoms in total. The molecule has 1 heterocycles. The van der Waals surface area contributed by atoms with Gasteiger partial charge in [-0.25, -0.2) is 0 Å². The minimum Gasteiger partial charge on any atom is -0.370 e. The number of halogens is 1. The standard InChI is InChI=1S/C18H26BrN5O2/c1-21-18(24-9-3-4-13(12-24)10-16(20)25)23-8-7-22-17(26)14-5-2-6-15(19)11-14/h2,5-6,11,13H,3-4,7-10,12H2,1H3,(H2,20,25)(H,21,23)(H,22,26). The Morgan fingerprint density at radius 3 is 2.81 bits per heavy atom. The second-order valence-corrected chi connectivity index (χ2v) is 7.28. The Balaban J connectivity index is 1.76. The Labute approximate surface area is 162 Å². The van der Waals surface area contributed by atoms with Gasteiger partial charge in [-0.05, 0) is 37.0 Å². The molecule has 1 fully saturated rings. The predicted octanol–water partition coefficient (Wildman–Crippen LogP) is 1.34. The van der Waals surface area contributed by atoms with Gasteiger partial charge in [-0.1, -0.05) is 22.0 Å². The summed E-state index contributed by atoms with van der Waals surface area (Å²) < 4.78 is 0.874. The van der Waals surface area contributed by atoms with E-state index in [1.807, 2.05) is 12.1 Å². The van der Waals surface area contributed by atoms with Gasteiger partial charge in [0.25, 0.3) is 5.91 Å². The van der Waals surface area contributed by atoms with Crippen molar-refractivity contribution in [2.45, 2.75) is 19.3 Å².